The molecular formula is C20H26FN3O4S. The molecule has 0 unspecified atom stereocenters. The lowest BCUT2D eigenvalue weighted by molar-refractivity contribution is -0.135. The Morgan fingerprint density at radius 3 is 2.45 bits per heavy atom. The number of hydrogen-bond acceptors (Lipinski definition) is 5. The predicted molar refractivity (Wildman–Crippen MR) is 106 cm³/mol. The number of carbonyl (C=O) groups excluding carboxylic acids is 1. The maximum Gasteiger partial charge on any atom is 0.243 e. The Bertz CT molecular complexity index is 908. The molecule has 1 saturated heterocycles. The van der Waals surface area contributed by atoms with Crippen LogP contribution in [0.15, 0.2) is 52.0 Å². The quantitative estimate of drug-likeness (QED) is 0.682. The molecule has 0 N–H and O–H groups in total. The standard InChI is InChI=1S/C20H26FN3O4S/c1-22-11-9-17(10-12-22)24(14-18-4-3-13-28-18)20(25)15-23(2)29(26,27)19-7-5-16(21)6-8-19/h3-8,13,17H,9-12,14-15H2,1-2H3. The summed E-state index contributed by atoms with van der Waals surface area (Å²) in [7, 11) is -0.501. The largest absolute Gasteiger partial charge is 0.467 e. The van der Waals surface area contributed by atoms with E-state index in [0.29, 0.717) is 12.3 Å². The Kier molecular flexibility index (Phi) is 6.71. The average Bonchev–Trinajstić information content (AvgIpc) is 3.20. The van der Waals surface area contributed by atoms with Crippen LogP contribution >= 0.6 is 0 Å². The van der Waals surface area contributed by atoms with Crippen molar-refractivity contribution in [3.8, 4) is 0 Å². The van der Waals surface area contributed by atoms with Crippen LogP contribution in [0.3, 0.4) is 0 Å². The van der Waals surface area contributed by atoms with Gasteiger partial charge in [-0.3, -0.25) is 4.79 Å². The van der Waals surface area contributed by atoms with E-state index in [1.54, 1.807) is 23.3 Å². The summed E-state index contributed by atoms with van der Waals surface area (Å²) in [6.45, 7) is 1.74. The van der Waals surface area contributed by atoms with Crippen LogP contribution in [0.2, 0.25) is 0 Å². The van der Waals surface area contributed by atoms with Crippen LogP contribution < -0.4 is 0 Å². The second kappa shape index (κ2) is 9.06. The molecule has 29 heavy (non-hydrogen) atoms. The van der Waals surface area contributed by atoms with Crippen LogP contribution in [0, 0.1) is 5.82 Å². The van der Waals surface area contributed by atoms with Gasteiger partial charge >= 0.3 is 0 Å². The summed E-state index contributed by atoms with van der Waals surface area (Å²) in [5.41, 5.74) is 0. The molecule has 0 saturated carbocycles. The van der Waals surface area contributed by atoms with Crippen LogP contribution in [0.4, 0.5) is 4.39 Å². The highest BCUT2D eigenvalue weighted by atomic mass is 32.2. The average molecular weight is 424 g/mol. The summed E-state index contributed by atoms with van der Waals surface area (Å²) in [6.07, 6.45) is 3.19. The van der Waals surface area contributed by atoms with Gasteiger partial charge in [0.1, 0.15) is 11.6 Å². The number of likely N-dealkylation sites (tertiary alicyclic amines) is 1. The number of sulfonamides is 1. The molecule has 9 heteroatoms. The molecule has 0 radical (unpaired) electrons. The van der Waals surface area contributed by atoms with Gasteiger partial charge in [0.25, 0.3) is 0 Å². The summed E-state index contributed by atoms with van der Waals surface area (Å²) in [5, 5.41) is 0. The molecular weight excluding hydrogens is 397 g/mol. The molecule has 158 valence electrons. The van der Waals surface area contributed by atoms with E-state index >= 15 is 0 Å². The van der Waals surface area contributed by atoms with Gasteiger partial charge in [0.15, 0.2) is 0 Å². The lowest BCUT2D eigenvalue weighted by atomic mass is 10.0. The fourth-order valence-electron chi connectivity index (χ4n) is 3.45. The minimum Gasteiger partial charge on any atom is -0.467 e. The number of piperidine rings is 1. The summed E-state index contributed by atoms with van der Waals surface area (Å²) < 4.78 is 45.0. The maximum atomic E-state index is 13.1. The number of nitrogens with zero attached hydrogens (tertiary/aromatic N) is 3. The van der Waals surface area contributed by atoms with Crippen molar-refractivity contribution in [3.63, 3.8) is 0 Å². The molecule has 2 heterocycles. The van der Waals surface area contributed by atoms with E-state index in [1.807, 2.05) is 7.05 Å². The third-order valence-electron chi connectivity index (χ3n) is 5.24. The minimum absolute atomic E-state index is 0.0192. The van der Waals surface area contributed by atoms with Gasteiger partial charge in [-0.05, 0) is 69.4 Å². The summed E-state index contributed by atoms with van der Waals surface area (Å²) in [5.74, 6) is -0.153. The van der Waals surface area contributed by atoms with E-state index in [4.69, 9.17) is 4.42 Å². The molecule has 2 aromatic rings. The van der Waals surface area contributed by atoms with E-state index in [2.05, 4.69) is 4.90 Å². The fraction of sp³-hybridized carbons (Fsp3) is 0.450. The van der Waals surface area contributed by atoms with Crippen molar-refractivity contribution < 1.29 is 22.0 Å². The molecule has 7 nitrogen and oxygen atoms in total. The van der Waals surface area contributed by atoms with Crippen molar-refractivity contribution in [1.82, 2.24) is 14.1 Å². The number of likely N-dealkylation sites (N-methyl/N-ethyl adjacent to an activating group) is 1. The second-order valence-electron chi connectivity index (χ2n) is 7.35. The third-order valence-corrected chi connectivity index (χ3v) is 7.05. The van der Waals surface area contributed by atoms with Gasteiger partial charge in [-0.2, -0.15) is 4.31 Å². The van der Waals surface area contributed by atoms with Gasteiger partial charge in [-0.25, -0.2) is 12.8 Å². The second-order valence-corrected chi connectivity index (χ2v) is 9.40. The van der Waals surface area contributed by atoms with Crippen molar-refractivity contribution in [2.75, 3.05) is 33.7 Å². The third kappa shape index (κ3) is 5.23. The number of rotatable bonds is 7. The maximum absolute atomic E-state index is 13.1. The van der Waals surface area contributed by atoms with E-state index < -0.39 is 15.8 Å². The zero-order valence-electron chi connectivity index (χ0n) is 16.6. The molecule has 0 atom stereocenters. The normalized spacial score (nSPS) is 16.3. The smallest absolute Gasteiger partial charge is 0.243 e. The summed E-state index contributed by atoms with van der Waals surface area (Å²) in [6, 6.07) is 8.15. The van der Waals surface area contributed by atoms with Gasteiger partial charge in [0, 0.05) is 13.1 Å². The highest BCUT2D eigenvalue weighted by Crippen LogP contribution is 2.21. The van der Waals surface area contributed by atoms with Crippen LogP contribution in [0.1, 0.15) is 18.6 Å². The fourth-order valence-corrected chi connectivity index (χ4v) is 4.57. The number of hydrogen-bond donors (Lipinski definition) is 0. The van der Waals surface area contributed by atoms with Gasteiger partial charge in [-0.1, -0.05) is 0 Å². The SMILES string of the molecule is CN1CCC(N(Cc2ccco2)C(=O)CN(C)S(=O)(=O)c2ccc(F)cc2)CC1. The van der Waals surface area contributed by atoms with Crippen LogP contribution in [0.25, 0.3) is 0 Å². The van der Waals surface area contributed by atoms with Gasteiger partial charge in [0.2, 0.25) is 15.9 Å². The predicted octanol–water partition coefficient (Wildman–Crippen LogP) is 2.16. The molecule has 1 aromatic carbocycles. The van der Waals surface area contributed by atoms with Crippen molar-refractivity contribution in [2.45, 2.75) is 30.3 Å². The minimum atomic E-state index is -3.90. The highest BCUT2D eigenvalue weighted by Gasteiger charge is 2.31. The topological polar surface area (TPSA) is 74.1 Å². The molecule has 1 aliphatic heterocycles. The molecule has 1 aromatic heterocycles. The lowest BCUT2D eigenvalue weighted by Gasteiger charge is -2.37. The van der Waals surface area contributed by atoms with E-state index in [1.165, 1.54) is 19.2 Å². The first-order chi connectivity index (χ1) is 13.8. The molecule has 0 aliphatic carbocycles. The number of furan rings is 1. The van der Waals surface area contributed by atoms with Crippen LogP contribution in [-0.4, -0.2) is 68.2 Å². The van der Waals surface area contributed by atoms with Gasteiger partial charge in [0.05, 0.1) is 24.2 Å². The first kappa shape index (κ1) is 21.5. The Hall–Kier alpha value is -2.23. The van der Waals surface area contributed by atoms with Crippen LogP contribution in [0.5, 0.6) is 0 Å². The first-order valence-corrected chi connectivity index (χ1v) is 10.9. The molecule has 0 spiro atoms. The van der Waals surface area contributed by atoms with Crippen LogP contribution in [-0.2, 0) is 21.4 Å². The van der Waals surface area contributed by atoms with E-state index in [0.717, 1.165) is 42.4 Å². The van der Waals surface area contributed by atoms with Gasteiger partial charge < -0.3 is 14.2 Å². The Morgan fingerprint density at radius 1 is 1.21 bits per heavy atom. The van der Waals surface area contributed by atoms with Crippen molar-refractivity contribution in [1.29, 1.82) is 0 Å². The van der Waals surface area contributed by atoms with Gasteiger partial charge in [-0.15, -0.1) is 0 Å². The molecule has 1 amide bonds. The highest BCUT2D eigenvalue weighted by molar-refractivity contribution is 7.89. The Labute approximate surface area is 170 Å². The monoisotopic (exact) mass is 423 g/mol. The summed E-state index contributed by atoms with van der Waals surface area (Å²) >= 11 is 0. The summed E-state index contributed by atoms with van der Waals surface area (Å²) in [4.78, 5) is 17.0. The number of halogens is 1. The first-order valence-electron chi connectivity index (χ1n) is 9.49. The molecule has 1 fully saturated rings. The number of carbonyl (C=O) groups is 1. The number of benzene rings is 1. The molecule has 0 bridgehead atoms. The molecule has 1 aliphatic rings. The zero-order chi connectivity index (χ0) is 21.0. The Balaban J connectivity index is 1.75. The Morgan fingerprint density at radius 2 is 1.86 bits per heavy atom. The number of amides is 1. The van der Waals surface area contributed by atoms with Crippen molar-refractivity contribution >= 4 is 15.9 Å². The van der Waals surface area contributed by atoms with E-state index in [9.17, 15) is 17.6 Å². The molecule has 3 rings (SSSR count). The van der Waals surface area contributed by atoms with Crippen molar-refractivity contribution in [2.24, 2.45) is 0 Å². The van der Waals surface area contributed by atoms with Crippen molar-refractivity contribution in [3.05, 3.63) is 54.2 Å². The van der Waals surface area contributed by atoms with E-state index in [-0.39, 0.29) is 23.4 Å². The zero-order valence-corrected chi connectivity index (χ0v) is 17.4. The lowest BCUT2D eigenvalue weighted by Crippen LogP contribution is -2.49.